The molecule has 4 rings (SSSR count). The van der Waals surface area contributed by atoms with Crippen LogP contribution in [0.1, 0.15) is 37.3 Å². The lowest BCUT2D eigenvalue weighted by Crippen LogP contribution is -2.38. The lowest BCUT2D eigenvalue weighted by Gasteiger charge is -2.37. The Morgan fingerprint density at radius 1 is 0.846 bits per heavy atom. The van der Waals surface area contributed by atoms with E-state index in [-0.39, 0.29) is 17.7 Å². The molecule has 2 aromatic carbocycles. The Hall–Kier alpha value is -1.94. The molecular weight excluding hydrogens is 330 g/mol. The molecule has 2 aliphatic rings. The summed E-state index contributed by atoms with van der Waals surface area (Å²) in [6, 6.07) is 13.4. The van der Waals surface area contributed by atoms with Crippen LogP contribution in [0, 0.1) is 23.5 Å². The molecule has 0 spiro atoms. The van der Waals surface area contributed by atoms with E-state index in [0.29, 0.717) is 5.92 Å². The third-order valence-corrected chi connectivity index (χ3v) is 5.71. The monoisotopic (exact) mass is 356 g/mol. The summed E-state index contributed by atoms with van der Waals surface area (Å²) in [7, 11) is 0. The van der Waals surface area contributed by atoms with Gasteiger partial charge in [-0.15, -0.1) is 0 Å². The zero-order valence-electron chi connectivity index (χ0n) is 15.0. The summed E-state index contributed by atoms with van der Waals surface area (Å²) in [5, 5.41) is 3.57. The van der Waals surface area contributed by atoms with Gasteiger partial charge in [-0.05, 0) is 92.6 Å². The Morgan fingerprint density at radius 2 is 1.42 bits per heavy atom. The van der Waals surface area contributed by atoms with E-state index in [2.05, 4.69) is 10.2 Å². The highest BCUT2D eigenvalue weighted by atomic mass is 19.1. The number of piperidine rings is 1. The van der Waals surface area contributed by atoms with Crippen molar-refractivity contribution < 1.29 is 8.78 Å². The molecule has 4 heteroatoms. The van der Waals surface area contributed by atoms with Crippen molar-refractivity contribution in [3.63, 3.8) is 0 Å². The van der Waals surface area contributed by atoms with E-state index >= 15 is 0 Å². The highest BCUT2D eigenvalue weighted by Crippen LogP contribution is 2.36. The smallest absolute Gasteiger partial charge is 0.123 e. The fraction of sp³-hybridized carbons (Fsp3) is 0.455. The number of rotatable bonds is 6. The van der Waals surface area contributed by atoms with Crippen molar-refractivity contribution in [2.24, 2.45) is 11.8 Å². The van der Waals surface area contributed by atoms with Gasteiger partial charge in [0.05, 0.1) is 6.04 Å². The fourth-order valence-corrected chi connectivity index (χ4v) is 4.00. The van der Waals surface area contributed by atoms with Gasteiger partial charge in [0, 0.05) is 12.2 Å². The Bertz CT molecular complexity index is 702. The molecule has 138 valence electrons. The molecule has 1 aliphatic carbocycles. The van der Waals surface area contributed by atoms with Crippen LogP contribution in [0.5, 0.6) is 0 Å². The number of hydrogen-bond donors (Lipinski definition) is 1. The van der Waals surface area contributed by atoms with Gasteiger partial charge >= 0.3 is 0 Å². The first-order valence-corrected chi connectivity index (χ1v) is 9.67. The second-order valence-corrected chi connectivity index (χ2v) is 7.76. The summed E-state index contributed by atoms with van der Waals surface area (Å²) in [4.78, 5) is 2.59. The predicted octanol–water partition coefficient (Wildman–Crippen LogP) is 5.24. The highest BCUT2D eigenvalue weighted by molar-refractivity contribution is 5.45. The highest BCUT2D eigenvalue weighted by Gasteiger charge is 2.30. The zero-order valence-corrected chi connectivity index (χ0v) is 15.0. The quantitative estimate of drug-likeness (QED) is 0.761. The van der Waals surface area contributed by atoms with Gasteiger partial charge in [-0.3, -0.25) is 0 Å². The molecule has 1 aliphatic heterocycles. The Balaban J connectivity index is 1.48. The van der Waals surface area contributed by atoms with Crippen molar-refractivity contribution in [1.82, 2.24) is 4.90 Å². The number of nitrogens with one attached hydrogen (secondary N) is 1. The Morgan fingerprint density at radius 3 is 2.00 bits per heavy atom. The molecule has 0 radical (unpaired) electrons. The van der Waals surface area contributed by atoms with Crippen LogP contribution in [0.2, 0.25) is 0 Å². The van der Waals surface area contributed by atoms with Gasteiger partial charge < -0.3 is 10.2 Å². The minimum absolute atomic E-state index is 0.115. The molecule has 1 saturated heterocycles. The minimum atomic E-state index is -0.234. The molecule has 1 heterocycles. The van der Waals surface area contributed by atoms with E-state index < -0.39 is 0 Å². The normalized spacial score (nSPS) is 20.1. The van der Waals surface area contributed by atoms with Crippen LogP contribution in [0.3, 0.4) is 0 Å². The summed E-state index contributed by atoms with van der Waals surface area (Å²) in [5.74, 6) is 0.966. The van der Waals surface area contributed by atoms with Gasteiger partial charge in [0.15, 0.2) is 0 Å². The van der Waals surface area contributed by atoms with Crippen LogP contribution < -0.4 is 5.32 Å². The fourth-order valence-electron chi connectivity index (χ4n) is 4.00. The molecule has 1 N–H and O–H groups in total. The predicted molar refractivity (Wildman–Crippen MR) is 101 cm³/mol. The number of halogens is 2. The number of benzene rings is 2. The van der Waals surface area contributed by atoms with Crippen molar-refractivity contribution >= 4 is 5.69 Å². The molecule has 2 aromatic rings. The number of nitrogens with zero attached hydrogens (tertiary/aromatic N) is 1. The maximum Gasteiger partial charge on any atom is 0.123 e. The van der Waals surface area contributed by atoms with Crippen LogP contribution in [0.4, 0.5) is 14.5 Å². The largest absolute Gasteiger partial charge is 0.378 e. The van der Waals surface area contributed by atoms with E-state index in [0.717, 1.165) is 43.1 Å². The molecule has 0 bridgehead atoms. The number of anilines is 1. The first-order chi connectivity index (χ1) is 12.7. The van der Waals surface area contributed by atoms with Gasteiger partial charge in [0.2, 0.25) is 0 Å². The maximum absolute atomic E-state index is 13.4. The molecule has 1 atom stereocenters. The van der Waals surface area contributed by atoms with Gasteiger partial charge in [0.25, 0.3) is 0 Å². The third kappa shape index (κ3) is 4.42. The summed E-state index contributed by atoms with van der Waals surface area (Å²) < 4.78 is 26.6. The second-order valence-electron chi connectivity index (χ2n) is 7.76. The molecular formula is C22H26F2N2. The van der Waals surface area contributed by atoms with E-state index in [4.69, 9.17) is 0 Å². The van der Waals surface area contributed by atoms with Crippen molar-refractivity contribution in [3.8, 4) is 0 Å². The Kier molecular flexibility index (Phi) is 5.21. The van der Waals surface area contributed by atoms with Crippen LogP contribution >= 0.6 is 0 Å². The summed E-state index contributed by atoms with van der Waals surface area (Å²) in [5.41, 5.74) is 2.00. The van der Waals surface area contributed by atoms with E-state index in [1.165, 1.54) is 43.7 Å². The molecule has 2 nitrogen and oxygen atoms in total. The van der Waals surface area contributed by atoms with Crippen molar-refractivity contribution in [3.05, 3.63) is 65.7 Å². The summed E-state index contributed by atoms with van der Waals surface area (Å²) >= 11 is 0. The molecule has 0 aromatic heterocycles. The van der Waals surface area contributed by atoms with Crippen LogP contribution in [-0.4, -0.2) is 24.5 Å². The van der Waals surface area contributed by atoms with E-state index in [1.807, 2.05) is 12.1 Å². The van der Waals surface area contributed by atoms with Crippen molar-refractivity contribution in [2.75, 3.05) is 25.0 Å². The van der Waals surface area contributed by atoms with Crippen LogP contribution in [0.25, 0.3) is 0 Å². The SMILES string of the molecule is Fc1ccc(NC(c2ccc(F)cc2)C2CCN(CC3CC3)CC2)cc1. The molecule has 2 fully saturated rings. The van der Waals surface area contributed by atoms with Crippen molar-refractivity contribution in [1.29, 1.82) is 0 Å². The average Bonchev–Trinajstić information content (AvgIpc) is 3.47. The third-order valence-electron chi connectivity index (χ3n) is 5.71. The molecule has 26 heavy (non-hydrogen) atoms. The van der Waals surface area contributed by atoms with Gasteiger partial charge in [-0.2, -0.15) is 0 Å². The van der Waals surface area contributed by atoms with Crippen LogP contribution in [0.15, 0.2) is 48.5 Å². The Labute approximate surface area is 154 Å². The standard InChI is InChI=1S/C22H26F2N2/c23-19-5-3-17(4-6-19)22(25-21-9-7-20(24)8-10-21)18-11-13-26(14-12-18)15-16-1-2-16/h3-10,16,18,22,25H,1-2,11-15H2. The molecule has 1 saturated carbocycles. The molecule has 0 amide bonds. The lowest BCUT2D eigenvalue weighted by atomic mass is 9.85. The average molecular weight is 356 g/mol. The van der Waals surface area contributed by atoms with Crippen LogP contribution in [-0.2, 0) is 0 Å². The minimum Gasteiger partial charge on any atom is -0.378 e. The first-order valence-electron chi connectivity index (χ1n) is 9.67. The topological polar surface area (TPSA) is 15.3 Å². The molecule has 1 unspecified atom stereocenters. The van der Waals surface area contributed by atoms with Gasteiger partial charge in [-0.1, -0.05) is 12.1 Å². The number of likely N-dealkylation sites (tertiary alicyclic amines) is 1. The lowest BCUT2D eigenvalue weighted by molar-refractivity contribution is 0.167. The first kappa shape index (κ1) is 17.5. The summed E-state index contributed by atoms with van der Waals surface area (Å²) in [6.07, 6.45) is 5.04. The second kappa shape index (κ2) is 7.75. The van der Waals surface area contributed by atoms with E-state index in [1.54, 1.807) is 12.1 Å². The maximum atomic E-state index is 13.4. The zero-order chi connectivity index (χ0) is 17.9. The van der Waals surface area contributed by atoms with Gasteiger partial charge in [-0.25, -0.2) is 8.78 Å². The summed E-state index contributed by atoms with van der Waals surface area (Å²) in [6.45, 7) is 3.51. The van der Waals surface area contributed by atoms with E-state index in [9.17, 15) is 8.78 Å². The number of hydrogen-bond acceptors (Lipinski definition) is 2. The van der Waals surface area contributed by atoms with Gasteiger partial charge in [0.1, 0.15) is 11.6 Å². The van der Waals surface area contributed by atoms with Crippen molar-refractivity contribution in [2.45, 2.75) is 31.7 Å².